The monoisotopic (exact) mass is 430 g/mol. The third-order valence-electron chi connectivity index (χ3n) is 4.96. The van der Waals surface area contributed by atoms with Gasteiger partial charge in [-0.25, -0.2) is 0 Å². The second kappa shape index (κ2) is 15.0. The van der Waals surface area contributed by atoms with E-state index in [1.165, 1.54) is 81.8 Å². The first-order valence-electron chi connectivity index (χ1n) is 10.8. The summed E-state index contributed by atoms with van der Waals surface area (Å²) >= 11 is 5.93. The van der Waals surface area contributed by atoms with Crippen LogP contribution in [0.15, 0.2) is 23.1 Å². The maximum Gasteiger partial charge on any atom is 0.246 e. The van der Waals surface area contributed by atoms with Crippen molar-refractivity contribution < 1.29 is 9.79 Å². The molecule has 0 amide bonds. The van der Waals surface area contributed by atoms with Gasteiger partial charge in [0, 0.05) is 4.90 Å². The smallest absolute Gasteiger partial charge is 0.246 e. The summed E-state index contributed by atoms with van der Waals surface area (Å²) in [6.45, 7) is 4.50. The number of rotatable bonds is 16. The van der Waals surface area contributed by atoms with Crippen LogP contribution in [-0.4, -0.2) is 9.79 Å². The molecule has 0 aliphatic rings. The zero-order chi connectivity index (χ0) is 20.0. The second-order valence-corrected chi connectivity index (χ2v) is 13.5. The molecule has 0 heterocycles. The molecule has 0 saturated carbocycles. The molecule has 156 valence electrons. The second-order valence-electron chi connectivity index (χ2n) is 7.56. The molecule has 1 aromatic carbocycles. The molecule has 0 spiro atoms. The minimum Gasteiger partial charge on any atom is -0.337 e. The van der Waals surface area contributed by atoms with Gasteiger partial charge in [-0.15, -0.1) is 0 Å². The van der Waals surface area contributed by atoms with Crippen LogP contribution in [-0.2, 0) is 24.6 Å². The number of benzene rings is 1. The van der Waals surface area contributed by atoms with Crippen LogP contribution in [0.5, 0.6) is 0 Å². The molecular formula is C22H39O2PS2. The van der Waals surface area contributed by atoms with E-state index in [2.05, 4.69) is 32.0 Å². The van der Waals surface area contributed by atoms with Crippen LogP contribution >= 0.6 is 17.1 Å². The van der Waals surface area contributed by atoms with Gasteiger partial charge in [0.2, 0.25) is 5.69 Å². The summed E-state index contributed by atoms with van der Waals surface area (Å²) in [4.78, 5) is 20.4. The number of hydrogen-bond acceptors (Lipinski definition) is 2. The summed E-state index contributed by atoms with van der Waals surface area (Å²) in [6, 6.07) is 6.48. The highest BCUT2D eigenvalue weighted by Crippen LogP contribution is 2.55. The van der Waals surface area contributed by atoms with Gasteiger partial charge in [-0.3, -0.25) is 0 Å². The van der Waals surface area contributed by atoms with Crippen molar-refractivity contribution in [2.45, 2.75) is 109 Å². The largest absolute Gasteiger partial charge is 0.337 e. The van der Waals surface area contributed by atoms with Crippen LogP contribution in [0.3, 0.4) is 0 Å². The lowest BCUT2D eigenvalue weighted by atomic mass is 10.00. The number of unbranched alkanes of at least 4 members (excludes halogenated alkanes) is 10. The lowest BCUT2D eigenvalue weighted by molar-refractivity contribution is 0.502. The highest BCUT2D eigenvalue weighted by Gasteiger charge is 2.14. The van der Waals surface area contributed by atoms with Crippen molar-refractivity contribution in [2.75, 3.05) is 0 Å². The molecular weight excluding hydrogens is 391 g/mol. The zero-order valence-electron chi connectivity index (χ0n) is 17.3. The highest BCUT2D eigenvalue weighted by atomic mass is 32.9. The highest BCUT2D eigenvalue weighted by molar-refractivity contribution is 8.67. The predicted octanol–water partition coefficient (Wildman–Crippen LogP) is 7.79. The van der Waals surface area contributed by atoms with E-state index in [9.17, 15) is 9.79 Å². The Morgan fingerprint density at radius 3 is 1.85 bits per heavy atom. The van der Waals surface area contributed by atoms with Gasteiger partial charge in [-0.1, -0.05) is 90.2 Å². The minimum atomic E-state index is -3.27. The van der Waals surface area contributed by atoms with Crippen molar-refractivity contribution in [3.05, 3.63) is 29.3 Å². The molecule has 2 nitrogen and oxygen atoms in total. The van der Waals surface area contributed by atoms with Gasteiger partial charge in [-0.2, -0.15) is 0 Å². The molecule has 27 heavy (non-hydrogen) atoms. The van der Waals surface area contributed by atoms with Gasteiger partial charge in [0.1, 0.15) is 0 Å². The van der Waals surface area contributed by atoms with Crippen LogP contribution in [0.4, 0.5) is 0 Å². The Bertz CT molecular complexity index is 557. The molecule has 0 saturated heterocycles. The minimum absolute atomic E-state index is 0.962. The first-order valence-corrected chi connectivity index (χ1v) is 15.0. The fourth-order valence-electron chi connectivity index (χ4n) is 3.41. The Balaban J connectivity index is 2.57. The van der Waals surface area contributed by atoms with E-state index in [1.54, 1.807) is 0 Å². The molecule has 0 atom stereocenters. The maximum atomic E-state index is 9.72. The van der Waals surface area contributed by atoms with E-state index in [4.69, 9.17) is 11.8 Å². The Hall–Kier alpha value is 0.140. The third-order valence-corrected chi connectivity index (χ3v) is 7.77. The standard InChI is InChI=1S/C22H39O2PS2/c1-3-5-7-9-11-13-15-20-17-18-22(27-25(23,24)26)21(19-20)16-14-12-10-8-6-4-2/h17-19H,3-16H2,1-2H3,(H2,23,24,26). The van der Waals surface area contributed by atoms with Gasteiger partial charge in [-0.05, 0) is 66.1 Å². The molecule has 0 bridgehead atoms. The maximum absolute atomic E-state index is 9.72. The van der Waals surface area contributed by atoms with E-state index < -0.39 is 5.69 Å². The van der Waals surface area contributed by atoms with Gasteiger partial charge >= 0.3 is 0 Å². The predicted molar refractivity (Wildman–Crippen MR) is 125 cm³/mol. The van der Waals surface area contributed by atoms with E-state index in [-0.39, 0.29) is 0 Å². The fourth-order valence-corrected chi connectivity index (χ4v) is 6.10. The van der Waals surface area contributed by atoms with E-state index in [1.807, 2.05) is 0 Å². The Morgan fingerprint density at radius 2 is 1.30 bits per heavy atom. The summed E-state index contributed by atoms with van der Waals surface area (Å²) < 4.78 is 0. The quantitative estimate of drug-likeness (QED) is 0.207. The average Bonchev–Trinajstić information content (AvgIpc) is 2.61. The van der Waals surface area contributed by atoms with E-state index in [0.717, 1.165) is 35.5 Å². The number of hydrogen-bond donors (Lipinski definition) is 2. The van der Waals surface area contributed by atoms with E-state index >= 15 is 0 Å². The normalized spacial score (nSPS) is 11.9. The molecule has 0 fully saturated rings. The summed E-state index contributed by atoms with van der Waals surface area (Å²) in [5, 5.41) is 0. The van der Waals surface area contributed by atoms with Crippen LogP contribution in [0.1, 0.15) is 102 Å². The molecule has 0 unspecified atom stereocenters. The van der Waals surface area contributed by atoms with Crippen molar-refractivity contribution >= 4 is 28.9 Å². The summed E-state index contributed by atoms with van der Waals surface area (Å²) in [5.74, 6) is 0. The molecule has 0 aliphatic heterocycles. The van der Waals surface area contributed by atoms with Crippen molar-refractivity contribution in [1.82, 2.24) is 0 Å². The van der Waals surface area contributed by atoms with Crippen molar-refractivity contribution in [2.24, 2.45) is 0 Å². The Labute approximate surface area is 176 Å². The Morgan fingerprint density at radius 1 is 0.778 bits per heavy atom. The van der Waals surface area contributed by atoms with Gasteiger partial charge in [0.25, 0.3) is 0 Å². The average molecular weight is 431 g/mol. The van der Waals surface area contributed by atoms with Crippen LogP contribution in [0.25, 0.3) is 0 Å². The molecule has 2 N–H and O–H groups in total. The van der Waals surface area contributed by atoms with E-state index in [0.29, 0.717) is 0 Å². The lowest BCUT2D eigenvalue weighted by Gasteiger charge is -2.14. The third kappa shape index (κ3) is 13.1. The summed E-state index contributed by atoms with van der Waals surface area (Å²) in [5.41, 5.74) is -0.649. The van der Waals surface area contributed by atoms with Gasteiger partial charge in [0.15, 0.2) is 0 Å². The molecule has 0 radical (unpaired) electrons. The lowest BCUT2D eigenvalue weighted by Crippen LogP contribution is -1.94. The molecule has 5 heteroatoms. The number of aryl methyl sites for hydroxylation is 2. The molecule has 0 aliphatic carbocycles. The van der Waals surface area contributed by atoms with Gasteiger partial charge in [0.05, 0.1) is 0 Å². The summed E-state index contributed by atoms with van der Waals surface area (Å²) in [6.07, 6.45) is 17.6. The van der Waals surface area contributed by atoms with Crippen molar-refractivity contribution in [3.63, 3.8) is 0 Å². The molecule has 1 rings (SSSR count). The SMILES string of the molecule is CCCCCCCCc1ccc(SP(O)(O)=S)c(CCCCCCCC)c1. The van der Waals surface area contributed by atoms with Crippen LogP contribution in [0.2, 0.25) is 0 Å². The van der Waals surface area contributed by atoms with Crippen molar-refractivity contribution in [1.29, 1.82) is 0 Å². The first kappa shape index (κ1) is 25.2. The Kier molecular flexibility index (Phi) is 14.0. The zero-order valence-corrected chi connectivity index (χ0v) is 19.8. The van der Waals surface area contributed by atoms with Crippen LogP contribution in [0, 0.1) is 0 Å². The molecule has 1 aromatic rings. The summed E-state index contributed by atoms with van der Waals surface area (Å²) in [7, 11) is 0. The fraction of sp³-hybridized carbons (Fsp3) is 0.727. The molecule has 0 aromatic heterocycles. The first-order chi connectivity index (χ1) is 13.0. The topological polar surface area (TPSA) is 40.5 Å². The van der Waals surface area contributed by atoms with Gasteiger partial charge < -0.3 is 9.79 Å². The van der Waals surface area contributed by atoms with Crippen LogP contribution < -0.4 is 0 Å². The van der Waals surface area contributed by atoms with Crippen molar-refractivity contribution in [3.8, 4) is 0 Å².